The molecule has 0 radical (unpaired) electrons. The van der Waals surface area contributed by atoms with E-state index in [0.717, 1.165) is 96.3 Å². The number of hydrogen-bond acceptors (Lipinski definition) is 10. The third kappa shape index (κ3) is 48.5. The van der Waals surface area contributed by atoms with E-state index in [4.69, 9.17) is 23.3 Å². The molecule has 0 amide bonds. The smallest absolute Gasteiger partial charge is 0.462 e. The van der Waals surface area contributed by atoms with Crippen LogP contribution in [-0.4, -0.2) is 66.5 Å². The fourth-order valence-electron chi connectivity index (χ4n) is 7.54. The molecule has 0 aliphatic heterocycles. The molecule has 0 saturated carbocycles. The highest BCUT2D eigenvalue weighted by atomic mass is 31.2. The molecule has 0 aliphatic carbocycles. The SMILES string of the molecule is CC/C=C\C/C=C\C/C=C\CCCCCC(=O)OC(CO)COP(=O)(O)OCC(COC(=O)CCCCCCCCCCCCCCC)OC(=O)CCCCCCC/C=C\CCCCCCCC. The van der Waals surface area contributed by atoms with Gasteiger partial charge < -0.3 is 24.2 Å². The number of phosphoric acid groups is 1. The lowest BCUT2D eigenvalue weighted by Crippen LogP contribution is -2.30. The van der Waals surface area contributed by atoms with Gasteiger partial charge in [-0.1, -0.05) is 204 Å². The van der Waals surface area contributed by atoms with E-state index < -0.39 is 57.8 Å². The fraction of sp³-hybridized carbons (Fsp3) is 0.804. The number of esters is 3. The van der Waals surface area contributed by atoms with Gasteiger partial charge in [0.25, 0.3) is 0 Å². The fourth-order valence-corrected chi connectivity index (χ4v) is 8.33. The van der Waals surface area contributed by atoms with Crippen molar-refractivity contribution in [1.82, 2.24) is 0 Å². The molecule has 0 spiro atoms. The van der Waals surface area contributed by atoms with Gasteiger partial charge in [0.2, 0.25) is 0 Å². The van der Waals surface area contributed by atoms with Crippen LogP contribution in [0.15, 0.2) is 48.6 Å². The average Bonchev–Trinajstić information content (AvgIpc) is 3.32. The van der Waals surface area contributed by atoms with Crippen molar-refractivity contribution < 1.29 is 52.2 Å². The van der Waals surface area contributed by atoms with E-state index in [9.17, 15) is 28.9 Å². The molecule has 0 saturated heterocycles. The summed E-state index contributed by atoms with van der Waals surface area (Å²) in [6.07, 6.45) is 52.2. The first-order valence-corrected chi connectivity index (χ1v) is 29.0. The standard InChI is InChI=1S/C56H101O11P/c1-4-7-10-13-16-19-22-25-26-29-32-35-38-41-44-47-56(60)67-53(49-63-54(58)45-42-39-36-33-30-27-23-20-17-14-11-8-5-2)51-65-68(61,62)64-50-52(48-57)66-55(59)46-43-40-37-34-31-28-24-21-18-15-12-9-6-3/h9,12,18,21,25-26,28,31,52-53,57H,4-8,10-11,13-17,19-20,22-24,27,29-30,32-51H2,1-3H3,(H,61,62)/b12-9-,21-18-,26-25-,31-28-. The summed E-state index contributed by atoms with van der Waals surface area (Å²) >= 11 is 0. The Morgan fingerprint density at radius 1 is 0.426 bits per heavy atom. The number of allylic oxidation sites excluding steroid dienone is 8. The van der Waals surface area contributed by atoms with Crippen LogP contribution in [0.5, 0.6) is 0 Å². The zero-order chi connectivity index (χ0) is 49.9. The molecule has 12 heteroatoms. The van der Waals surface area contributed by atoms with Crippen LogP contribution in [0.3, 0.4) is 0 Å². The lowest BCUT2D eigenvalue weighted by Gasteiger charge is -2.21. The molecule has 2 N–H and O–H groups in total. The minimum atomic E-state index is -4.75. The van der Waals surface area contributed by atoms with Gasteiger partial charge in [-0.2, -0.15) is 0 Å². The number of hydrogen-bond donors (Lipinski definition) is 2. The molecule has 11 nitrogen and oxygen atoms in total. The molecule has 0 fully saturated rings. The van der Waals surface area contributed by atoms with Crippen LogP contribution in [0.4, 0.5) is 0 Å². The van der Waals surface area contributed by atoms with Crippen molar-refractivity contribution in [2.75, 3.05) is 26.4 Å². The molecule has 68 heavy (non-hydrogen) atoms. The number of carbonyl (C=O) groups is 3. The summed E-state index contributed by atoms with van der Waals surface area (Å²) < 4.78 is 39.4. The first kappa shape index (κ1) is 65.4. The van der Waals surface area contributed by atoms with E-state index in [1.165, 1.54) is 96.3 Å². The van der Waals surface area contributed by atoms with E-state index >= 15 is 0 Å². The minimum Gasteiger partial charge on any atom is -0.462 e. The number of aliphatic hydroxyl groups is 1. The van der Waals surface area contributed by atoms with Crippen LogP contribution < -0.4 is 0 Å². The lowest BCUT2D eigenvalue weighted by molar-refractivity contribution is -0.161. The Labute approximate surface area is 415 Å². The summed E-state index contributed by atoms with van der Waals surface area (Å²) in [5.74, 6) is -1.49. The van der Waals surface area contributed by atoms with Crippen molar-refractivity contribution in [1.29, 1.82) is 0 Å². The highest BCUT2D eigenvalue weighted by Gasteiger charge is 2.28. The Kier molecular flexibility index (Phi) is 48.9. The predicted octanol–water partition coefficient (Wildman–Crippen LogP) is 15.8. The van der Waals surface area contributed by atoms with Gasteiger partial charge in [-0.25, -0.2) is 4.57 Å². The molecule has 0 aromatic heterocycles. The number of carbonyl (C=O) groups excluding carboxylic acids is 3. The molecule has 3 atom stereocenters. The van der Waals surface area contributed by atoms with Crippen molar-refractivity contribution in [2.45, 2.75) is 264 Å². The highest BCUT2D eigenvalue weighted by Crippen LogP contribution is 2.43. The van der Waals surface area contributed by atoms with Crippen molar-refractivity contribution in [2.24, 2.45) is 0 Å². The number of phosphoric ester groups is 1. The Balaban J connectivity index is 4.75. The highest BCUT2D eigenvalue weighted by molar-refractivity contribution is 7.47. The number of ether oxygens (including phenoxy) is 3. The molecule has 0 aromatic carbocycles. The second-order valence-electron chi connectivity index (χ2n) is 18.4. The topological polar surface area (TPSA) is 155 Å². The van der Waals surface area contributed by atoms with Gasteiger partial charge in [0.1, 0.15) is 12.7 Å². The molecule has 0 aliphatic rings. The molecular formula is C56H101O11P. The van der Waals surface area contributed by atoms with Crippen LogP contribution in [-0.2, 0) is 42.2 Å². The molecular weight excluding hydrogens is 880 g/mol. The van der Waals surface area contributed by atoms with Crippen molar-refractivity contribution in [3.8, 4) is 0 Å². The van der Waals surface area contributed by atoms with E-state index in [1.807, 2.05) is 0 Å². The number of aliphatic hydroxyl groups excluding tert-OH is 1. The Hall–Kier alpha value is -2.56. The largest absolute Gasteiger partial charge is 0.472 e. The Bertz CT molecular complexity index is 1330. The van der Waals surface area contributed by atoms with Crippen LogP contribution in [0.25, 0.3) is 0 Å². The quantitative estimate of drug-likeness (QED) is 0.0197. The Morgan fingerprint density at radius 3 is 1.21 bits per heavy atom. The van der Waals surface area contributed by atoms with Gasteiger partial charge >= 0.3 is 25.7 Å². The normalized spacial score (nSPS) is 13.8. The van der Waals surface area contributed by atoms with Crippen molar-refractivity contribution in [3.05, 3.63) is 48.6 Å². The molecule has 0 rings (SSSR count). The maximum absolute atomic E-state index is 12.9. The molecule has 0 heterocycles. The molecule has 396 valence electrons. The molecule has 0 aromatic rings. The second kappa shape index (κ2) is 50.8. The first-order chi connectivity index (χ1) is 33.2. The van der Waals surface area contributed by atoms with Gasteiger partial charge in [-0.05, 0) is 77.0 Å². The monoisotopic (exact) mass is 981 g/mol. The first-order valence-electron chi connectivity index (χ1n) is 27.5. The summed E-state index contributed by atoms with van der Waals surface area (Å²) in [5.41, 5.74) is 0. The Morgan fingerprint density at radius 2 is 0.765 bits per heavy atom. The number of unbranched alkanes of at least 4 members (excludes halogenated alkanes) is 26. The zero-order valence-corrected chi connectivity index (χ0v) is 44.5. The average molecular weight is 981 g/mol. The van der Waals surface area contributed by atoms with Gasteiger partial charge in [0.05, 0.1) is 19.8 Å². The van der Waals surface area contributed by atoms with Crippen LogP contribution in [0.1, 0.15) is 252 Å². The van der Waals surface area contributed by atoms with Crippen LogP contribution in [0, 0.1) is 0 Å². The number of rotatable bonds is 51. The zero-order valence-electron chi connectivity index (χ0n) is 43.6. The van der Waals surface area contributed by atoms with E-state index in [-0.39, 0.29) is 25.9 Å². The van der Waals surface area contributed by atoms with E-state index in [0.29, 0.717) is 19.3 Å². The summed E-state index contributed by atoms with van der Waals surface area (Å²) in [4.78, 5) is 48.4. The van der Waals surface area contributed by atoms with Crippen molar-refractivity contribution in [3.63, 3.8) is 0 Å². The summed E-state index contributed by atoms with van der Waals surface area (Å²) in [6.45, 7) is 4.49. The summed E-state index contributed by atoms with van der Waals surface area (Å²) in [7, 11) is -4.75. The summed E-state index contributed by atoms with van der Waals surface area (Å²) in [5, 5.41) is 9.78. The molecule has 3 unspecified atom stereocenters. The van der Waals surface area contributed by atoms with Gasteiger partial charge in [-0.3, -0.25) is 23.4 Å². The van der Waals surface area contributed by atoms with Gasteiger partial charge in [0, 0.05) is 19.3 Å². The maximum atomic E-state index is 12.9. The summed E-state index contributed by atoms with van der Waals surface area (Å²) in [6, 6.07) is 0. The minimum absolute atomic E-state index is 0.142. The van der Waals surface area contributed by atoms with E-state index in [2.05, 4.69) is 69.4 Å². The van der Waals surface area contributed by atoms with Crippen molar-refractivity contribution >= 4 is 25.7 Å². The maximum Gasteiger partial charge on any atom is 0.472 e. The van der Waals surface area contributed by atoms with Gasteiger partial charge in [0.15, 0.2) is 6.10 Å². The second-order valence-corrected chi connectivity index (χ2v) is 19.8. The lowest BCUT2D eigenvalue weighted by atomic mass is 10.0. The molecule has 0 bridgehead atoms. The van der Waals surface area contributed by atoms with Gasteiger partial charge in [-0.15, -0.1) is 0 Å². The third-order valence-electron chi connectivity index (χ3n) is 11.7. The third-order valence-corrected chi connectivity index (χ3v) is 12.7. The van der Waals surface area contributed by atoms with Crippen LogP contribution >= 0.6 is 7.82 Å². The van der Waals surface area contributed by atoms with E-state index in [1.54, 1.807) is 0 Å². The predicted molar refractivity (Wildman–Crippen MR) is 279 cm³/mol. The van der Waals surface area contributed by atoms with Crippen LogP contribution in [0.2, 0.25) is 0 Å².